The number of aromatic nitrogens is 1. The number of aryl methyl sites for hydroxylation is 1. The molecule has 0 fully saturated rings. The Balaban J connectivity index is 1.73. The van der Waals surface area contributed by atoms with Gasteiger partial charge in [0, 0.05) is 29.1 Å². The van der Waals surface area contributed by atoms with Crippen molar-refractivity contribution in [2.75, 3.05) is 6.54 Å². The summed E-state index contributed by atoms with van der Waals surface area (Å²) in [5.74, 6) is -0.441. The molecule has 2 N–H and O–H groups in total. The molecule has 3 rings (SSSR count). The number of carbonyl (C=O) groups excluding carboxylic acids is 2. The maximum absolute atomic E-state index is 12.1. The molecule has 0 saturated heterocycles. The molecule has 2 aromatic rings. The fourth-order valence-electron chi connectivity index (χ4n) is 2.59. The quantitative estimate of drug-likeness (QED) is 0.904. The van der Waals surface area contributed by atoms with Crippen LogP contribution in [0.25, 0.3) is 0 Å². The second kappa shape index (κ2) is 6.27. The largest absolute Gasteiger partial charge is 0.352 e. The summed E-state index contributed by atoms with van der Waals surface area (Å²) in [6.45, 7) is 0.462. The second-order valence-electron chi connectivity index (χ2n) is 5.27. The van der Waals surface area contributed by atoms with E-state index in [9.17, 15) is 14.4 Å². The molecule has 0 bridgehead atoms. The summed E-state index contributed by atoms with van der Waals surface area (Å²) in [4.78, 5) is 39.9. The maximum Gasteiger partial charge on any atom is 0.261 e. The SMILES string of the molecule is O=C1CCCc2[nH]c(=O)c(C(=O)NCCc3cccs3)cc21. The summed E-state index contributed by atoms with van der Waals surface area (Å²) in [5.41, 5.74) is 0.716. The van der Waals surface area contributed by atoms with Gasteiger partial charge in [-0.25, -0.2) is 0 Å². The number of hydrogen-bond donors (Lipinski definition) is 2. The molecule has 0 spiro atoms. The number of hydrogen-bond acceptors (Lipinski definition) is 4. The number of thiophene rings is 1. The van der Waals surface area contributed by atoms with E-state index in [1.165, 1.54) is 10.9 Å². The van der Waals surface area contributed by atoms with Crippen molar-refractivity contribution in [3.8, 4) is 0 Å². The summed E-state index contributed by atoms with van der Waals surface area (Å²) >= 11 is 1.63. The molecule has 0 unspecified atom stereocenters. The van der Waals surface area contributed by atoms with Gasteiger partial charge in [-0.3, -0.25) is 14.4 Å². The summed E-state index contributed by atoms with van der Waals surface area (Å²) in [6.07, 6.45) is 2.62. The molecule has 2 heterocycles. The van der Waals surface area contributed by atoms with E-state index < -0.39 is 11.5 Å². The van der Waals surface area contributed by atoms with E-state index in [4.69, 9.17) is 0 Å². The van der Waals surface area contributed by atoms with Crippen molar-refractivity contribution < 1.29 is 9.59 Å². The Morgan fingerprint density at radius 2 is 2.18 bits per heavy atom. The molecular formula is C16H16N2O3S. The van der Waals surface area contributed by atoms with E-state index in [1.807, 2.05) is 17.5 Å². The van der Waals surface area contributed by atoms with E-state index in [1.54, 1.807) is 11.3 Å². The van der Waals surface area contributed by atoms with Crippen LogP contribution in [0, 0.1) is 0 Å². The van der Waals surface area contributed by atoms with Crippen molar-refractivity contribution in [3.05, 3.63) is 55.6 Å². The molecule has 0 aromatic carbocycles. The highest BCUT2D eigenvalue weighted by molar-refractivity contribution is 7.09. The summed E-state index contributed by atoms with van der Waals surface area (Å²) in [7, 11) is 0. The van der Waals surface area contributed by atoms with Gasteiger partial charge in [-0.05, 0) is 36.8 Å². The zero-order valence-corrected chi connectivity index (χ0v) is 12.8. The highest BCUT2D eigenvalue weighted by Gasteiger charge is 2.21. The molecule has 0 aliphatic heterocycles. The molecule has 0 radical (unpaired) electrons. The first-order chi connectivity index (χ1) is 10.6. The number of ketones is 1. The lowest BCUT2D eigenvalue weighted by Crippen LogP contribution is -2.32. The van der Waals surface area contributed by atoms with E-state index in [0.29, 0.717) is 30.6 Å². The van der Waals surface area contributed by atoms with Crippen LogP contribution in [0.4, 0.5) is 0 Å². The van der Waals surface area contributed by atoms with Gasteiger partial charge in [-0.2, -0.15) is 0 Å². The van der Waals surface area contributed by atoms with Crippen LogP contribution >= 0.6 is 11.3 Å². The maximum atomic E-state index is 12.1. The van der Waals surface area contributed by atoms with Crippen molar-refractivity contribution in [2.24, 2.45) is 0 Å². The summed E-state index contributed by atoms with van der Waals surface area (Å²) in [5, 5.41) is 4.72. The van der Waals surface area contributed by atoms with Crippen molar-refractivity contribution in [1.82, 2.24) is 10.3 Å². The number of aromatic amines is 1. The van der Waals surface area contributed by atoms with Crippen LogP contribution in [0.5, 0.6) is 0 Å². The van der Waals surface area contributed by atoms with Crippen LogP contribution in [0.3, 0.4) is 0 Å². The van der Waals surface area contributed by atoms with Crippen LogP contribution in [0.1, 0.15) is 44.1 Å². The van der Waals surface area contributed by atoms with E-state index >= 15 is 0 Å². The molecule has 0 saturated carbocycles. The minimum absolute atomic E-state index is 0.00913. The number of rotatable bonds is 4. The molecule has 1 aliphatic carbocycles. The Kier molecular flexibility index (Phi) is 4.20. The predicted octanol–water partition coefficient (Wildman–Crippen LogP) is 1.93. The molecule has 22 heavy (non-hydrogen) atoms. The minimum Gasteiger partial charge on any atom is -0.352 e. The van der Waals surface area contributed by atoms with Gasteiger partial charge in [-0.15, -0.1) is 11.3 Å². The number of fused-ring (bicyclic) bond motifs is 1. The van der Waals surface area contributed by atoms with Gasteiger partial charge in [0.2, 0.25) is 0 Å². The second-order valence-corrected chi connectivity index (χ2v) is 6.30. The fraction of sp³-hybridized carbons (Fsp3) is 0.312. The Hall–Kier alpha value is -2.21. The zero-order valence-electron chi connectivity index (χ0n) is 12.0. The topological polar surface area (TPSA) is 79.0 Å². The fourth-order valence-corrected chi connectivity index (χ4v) is 3.30. The lowest BCUT2D eigenvalue weighted by Gasteiger charge is -2.15. The zero-order chi connectivity index (χ0) is 15.5. The third kappa shape index (κ3) is 3.01. The number of pyridine rings is 1. The van der Waals surface area contributed by atoms with Crippen LogP contribution in [0.2, 0.25) is 0 Å². The van der Waals surface area contributed by atoms with Crippen LogP contribution in [-0.2, 0) is 12.8 Å². The standard InChI is InChI=1S/C16H16N2O3S/c19-14-5-1-4-13-11(14)9-12(16(21)18-13)15(20)17-7-6-10-3-2-8-22-10/h2-3,8-9H,1,4-7H2,(H,17,20)(H,18,21). The monoisotopic (exact) mass is 316 g/mol. The average molecular weight is 316 g/mol. The molecule has 0 atom stereocenters. The van der Waals surface area contributed by atoms with Gasteiger partial charge in [0.15, 0.2) is 5.78 Å². The van der Waals surface area contributed by atoms with Gasteiger partial charge < -0.3 is 10.3 Å². The highest BCUT2D eigenvalue weighted by atomic mass is 32.1. The molecule has 114 valence electrons. The van der Waals surface area contributed by atoms with E-state index in [-0.39, 0.29) is 11.3 Å². The van der Waals surface area contributed by atoms with Gasteiger partial charge in [0.05, 0.1) is 0 Å². The molecule has 5 nitrogen and oxygen atoms in total. The van der Waals surface area contributed by atoms with E-state index in [2.05, 4.69) is 10.3 Å². The lowest BCUT2D eigenvalue weighted by atomic mass is 9.93. The van der Waals surface area contributed by atoms with Gasteiger partial charge in [0.25, 0.3) is 11.5 Å². The predicted molar refractivity (Wildman–Crippen MR) is 84.7 cm³/mol. The third-order valence-corrected chi connectivity index (χ3v) is 4.67. The van der Waals surface area contributed by atoms with Crippen LogP contribution in [-0.4, -0.2) is 23.2 Å². The molecule has 1 aliphatic rings. The lowest BCUT2D eigenvalue weighted by molar-refractivity contribution is 0.0952. The number of Topliss-reactive ketones (excluding diaryl/α,β-unsaturated/α-hetero) is 1. The minimum atomic E-state index is -0.432. The number of nitrogens with one attached hydrogen (secondary N) is 2. The van der Waals surface area contributed by atoms with Crippen molar-refractivity contribution in [3.63, 3.8) is 0 Å². The Morgan fingerprint density at radius 3 is 2.95 bits per heavy atom. The van der Waals surface area contributed by atoms with Gasteiger partial charge >= 0.3 is 0 Å². The van der Waals surface area contributed by atoms with Crippen molar-refractivity contribution in [2.45, 2.75) is 25.7 Å². The van der Waals surface area contributed by atoms with Gasteiger partial charge in [0.1, 0.15) is 5.56 Å². The first kappa shape index (κ1) is 14.7. The highest BCUT2D eigenvalue weighted by Crippen LogP contribution is 2.18. The average Bonchev–Trinajstić information content (AvgIpc) is 3.00. The number of H-pyrrole nitrogens is 1. The Morgan fingerprint density at radius 1 is 1.32 bits per heavy atom. The molecule has 2 aromatic heterocycles. The normalized spacial score (nSPS) is 13.7. The van der Waals surface area contributed by atoms with Crippen molar-refractivity contribution in [1.29, 1.82) is 0 Å². The van der Waals surface area contributed by atoms with Crippen molar-refractivity contribution >= 4 is 23.0 Å². The Labute approximate surface area is 131 Å². The first-order valence-electron chi connectivity index (χ1n) is 7.25. The first-order valence-corrected chi connectivity index (χ1v) is 8.13. The number of amides is 1. The number of carbonyl (C=O) groups is 2. The Bertz CT molecular complexity index is 762. The smallest absolute Gasteiger partial charge is 0.261 e. The third-order valence-electron chi connectivity index (χ3n) is 3.74. The van der Waals surface area contributed by atoms with E-state index in [0.717, 1.165) is 12.8 Å². The molecule has 6 heteroatoms. The van der Waals surface area contributed by atoms with Crippen LogP contribution in [0.15, 0.2) is 28.4 Å². The van der Waals surface area contributed by atoms with Crippen LogP contribution < -0.4 is 10.9 Å². The molecular weight excluding hydrogens is 300 g/mol. The molecule has 1 amide bonds. The summed E-state index contributed by atoms with van der Waals surface area (Å²) in [6, 6.07) is 5.40. The summed E-state index contributed by atoms with van der Waals surface area (Å²) < 4.78 is 0. The van der Waals surface area contributed by atoms with Gasteiger partial charge in [-0.1, -0.05) is 6.07 Å².